The predicted octanol–water partition coefficient (Wildman–Crippen LogP) is 4.19. The molecule has 0 bridgehead atoms. The first-order valence-electron chi connectivity index (χ1n) is 7.03. The first kappa shape index (κ1) is 18.2. The Hall–Kier alpha value is -2.16. The molecule has 2 aromatic rings. The summed E-state index contributed by atoms with van der Waals surface area (Å²) in [4.78, 5) is 0. The summed E-state index contributed by atoms with van der Waals surface area (Å²) >= 11 is 5.13. The standard InChI is InChI=1S/C15H15F4N3OS/c1-4-20-14(24)22-9(3)6-12(21-22)23-13-8(2)5-10(7-11(13)16)15(17,18)19/h5-7H,4H2,1-3H3,(H,20,24). The van der Waals surface area contributed by atoms with Crippen molar-refractivity contribution < 1.29 is 22.3 Å². The molecule has 0 fully saturated rings. The number of hydrogen-bond donors (Lipinski definition) is 1. The molecular formula is C15H15F4N3OS. The molecule has 1 heterocycles. The molecule has 0 radical (unpaired) electrons. The van der Waals surface area contributed by atoms with Gasteiger partial charge in [-0.15, -0.1) is 5.10 Å². The topological polar surface area (TPSA) is 39.1 Å². The van der Waals surface area contributed by atoms with Gasteiger partial charge in [-0.2, -0.15) is 13.2 Å². The molecule has 2 rings (SSSR count). The molecule has 0 aliphatic carbocycles. The minimum atomic E-state index is -4.62. The van der Waals surface area contributed by atoms with Gasteiger partial charge in [0.2, 0.25) is 5.88 Å². The molecule has 0 aliphatic rings. The number of hydrogen-bond acceptors (Lipinski definition) is 3. The molecule has 0 spiro atoms. The number of benzene rings is 1. The van der Waals surface area contributed by atoms with Gasteiger partial charge in [-0.1, -0.05) is 0 Å². The summed E-state index contributed by atoms with van der Waals surface area (Å²) in [5, 5.41) is 7.32. The molecule has 24 heavy (non-hydrogen) atoms. The maximum atomic E-state index is 14.0. The van der Waals surface area contributed by atoms with Gasteiger partial charge in [0.05, 0.1) is 5.56 Å². The summed E-state index contributed by atoms with van der Waals surface area (Å²) in [6.07, 6.45) is -4.62. The zero-order valence-electron chi connectivity index (χ0n) is 13.2. The minimum absolute atomic E-state index is 0.0174. The smallest absolute Gasteiger partial charge is 0.416 e. The molecule has 1 N–H and O–H groups in total. The van der Waals surface area contributed by atoms with Crippen molar-refractivity contribution in [3.8, 4) is 11.6 Å². The van der Waals surface area contributed by atoms with Crippen LogP contribution in [0.3, 0.4) is 0 Å². The largest absolute Gasteiger partial charge is 0.434 e. The highest BCUT2D eigenvalue weighted by Crippen LogP contribution is 2.35. The summed E-state index contributed by atoms with van der Waals surface area (Å²) in [6.45, 7) is 5.52. The van der Waals surface area contributed by atoms with E-state index in [1.54, 1.807) is 6.92 Å². The van der Waals surface area contributed by atoms with E-state index in [9.17, 15) is 17.6 Å². The van der Waals surface area contributed by atoms with E-state index in [1.807, 2.05) is 6.92 Å². The average Bonchev–Trinajstić information content (AvgIpc) is 2.83. The van der Waals surface area contributed by atoms with E-state index in [2.05, 4.69) is 10.4 Å². The van der Waals surface area contributed by atoms with Crippen LogP contribution in [0.5, 0.6) is 11.6 Å². The van der Waals surface area contributed by atoms with E-state index in [4.69, 9.17) is 17.0 Å². The Morgan fingerprint density at radius 3 is 2.50 bits per heavy atom. The molecule has 1 aromatic heterocycles. The number of alkyl halides is 3. The number of ether oxygens (including phenoxy) is 1. The van der Waals surface area contributed by atoms with Crippen LogP contribution in [0.2, 0.25) is 0 Å². The van der Waals surface area contributed by atoms with Crippen molar-refractivity contribution >= 4 is 17.3 Å². The molecule has 0 saturated heterocycles. The molecule has 130 valence electrons. The van der Waals surface area contributed by atoms with Crippen LogP contribution >= 0.6 is 12.2 Å². The monoisotopic (exact) mass is 361 g/mol. The molecule has 0 amide bonds. The third-order valence-corrected chi connectivity index (χ3v) is 3.47. The van der Waals surface area contributed by atoms with Crippen LogP contribution in [0, 0.1) is 19.7 Å². The van der Waals surface area contributed by atoms with E-state index >= 15 is 0 Å². The maximum Gasteiger partial charge on any atom is 0.416 e. The number of aromatic nitrogens is 2. The second kappa shape index (κ2) is 6.76. The number of aryl methyl sites for hydroxylation is 2. The Morgan fingerprint density at radius 2 is 1.96 bits per heavy atom. The molecular weight excluding hydrogens is 346 g/mol. The van der Waals surface area contributed by atoms with Crippen molar-refractivity contribution in [3.63, 3.8) is 0 Å². The van der Waals surface area contributed by atoms with Crippen molar-refractivity contribution in [1.29, 1.82) is 0 Å². The zero-order chi connectivity index (χ0) is 18.1. The summed E-state index contributed by atoms with van der Waals surface area (Å²) < 4.78 is 58.8. The first-order chi connectivity index (χ1) is 11.1. The van der Waals surface area contributed by atoms with Gasteiger partial charge in [0.25, 0.3) is 0 Å². The molecule has 0 atom stereocenters. The highest BCUT2D eigenvalue weighted by Gasteiger charge is 2.32. The summed E-state index contributed by atoms with van der Waals surface area (Å²) in [5.74, 6) is -1.37. The predicted molar refractivity (Wildman–Crippen MR) is 84.8 cm³/mol. The maximum absolute atomic E-state index is 14.0. The number of halogens is 4. The van der Waals surface area contributed by atoms with Crippen LogP contribution in [-0.4, -0.2) is 21.4 Å². The highest BCUT2D eigenvalue weighted by atomic mass is 32.1. The number of thiocarbonyl (C=S) groups is 1. The molecule has 1 aromatic carbocycles. The van der Waals surface area contributed by atoms with Crippen LogP contribution < -0.4 is 10.1 Å². The van der Waals surface area contributed by atoms with E-state index in [0.29, 0.717) is 23.4 Å². The SMILES string of the molecule is CCNC(=S)n1nc(Oc2c(C)cc(C(F)(F)F)cc2F)cc1C. The third kappa shape index (κ3) is 3.84. The minimum Gasteiger partial charge on any atom is -0.434 e. The number of nitrogens with one attached hydrogen (secondary N) is 1. The third-order valence-electron chi connectivity index (χ3n) is 3.15. The van der Waals surface area contributed by atoms with Crippen LogP contribution in [-0.2, 0) is 6.18 Å². The van der Waals surface area contributed by atoms with Crippen molar-refractivity contribution in [1.82, 2.24) is 15.1 Å². The van der Waals surface area contributed by atoms with Crippen LogP contribution in [0.4, 0.5) is 17.6 Å². The first-order valence-corrected chi connectivity index (χ1v) is 7.44. The van der Waals surface area contributed by atoms with Gasteiger partial charge in [0, 0.05) is 18.3 Å². The van der Waals surface area contributed by atoms with Crippen LogP contribution in [0.1, 0.15) is 23.7 Å². The van der Waals surface area contributed by atoms with Gasteiger partial charge < -0.3 is 10.1 Å². The summed E-state index contributed by atoms with van der Waals surface area (Å²) in [7, 11) is 0. The fourth-order valence-corrected chi connectivity index (χ4v) is 2.39. The lowest BCUT2D eigenvalue weighted by molar-refractivity contribution is -0.137. The second-order valence-corrected chi connectivity index (χ2v) is 5.46. The van der Waals surface area contributed by atoms with Gasteiger partial charge in [-0.05, 0) is 50.7 Å². The zero-order valence-corrected chi connectivity index (χ0v) is 14.0. The lowest BCUT2D eigenvalue weighted by Gasteiger charge is -2.12. The molecule has 0 aliphatic heterocycles. The molecule has 4 nitrogen and oxygen atoms in total. The molecule has 0 saturated carbocycles. The van der Waals surface area contributed by atoms with Gasteiger partial charge in [0.15, 0.2) is 16.7 Å². The Morgan fingerprint density at radius 1 is 1.29 bits per heavy atom. The van der Waals surface area contributed by atoms with Gasteiger partial charge in [-0.3, -0.25) is 0 Å². The summed E-state index contributed by atoms with van der Waals surface area (Å²) in [5.41, 5.74) is -0.412. The van der Waals surface area contributed by atoms with Crippen LogP contribution in [0.15, 0.2) is 18.2 Å². The Labute approximate surface area is 141 Å². The van der Waals surface area contributed by atoms with Crippen molar-refractivity contribution in [3.05, 3.63) is 40.8 Å². The summed E-state index contributed by atoms with van der Waals surface area (Å²) in [6, 6.07) is 2.74. The fourth-order valence-electron chi connectivity index (χ4n) is 2.06. The number of rotatable bonds is 3. The van der Waals surface area contributed by atoms with E-state index < -0.39 is 17.6 Å². The quantitative estimate of drug-likeness (QED) is 0.657. The van der Waals surface area contributed by atoms with Crippen molar-refractivity contribution in [2.75, 3.05) is 6.54 Å². The van der Waals surface area contributed by atoms with Gasteiger partial charge in [-0.25, -0.2) is 9.07 Å². The van der Waals surface area contributed by atoms with Crippen molar-refractivity contribution in [2.24, 2.45) is 0 Å². The van der Waals surface area contributed by atoms with Gasteiger partial charge in [0.1, 0.15) is 0 Å². The van der Waals surface area contributed by atoms with E-state index in [1.165, 1.54) is 17.7 Å². The van der Waals surface area contributed by atoms with Crippen molar-refractivity contribution in [2.45, 2.75) is 26.9 Å². The normalized spacial score (nSPS) is 11.5. The molecule has 0 unspecified atom stereocenters. The lowest BCUT2D eigenvalue weighted by atomic mass is 10.1. The molecule has 9 heteroatoms. The van der Waals surface area contributed by atoms with E-state index in [0.717, 1.165) is 6.07 Å². The Balaban J connectivity index is 2.32. The van der Waals surface area contributed by atoms with E-state index in [-0.39, 0.29) is 17.2 Å². The fraction of sp³-hybridized carbons (Fsp3) is 0.333. The Bertz CT molecular complexity index is 748. The highest BCUT2D eigenvalue weighted by molar-refractivity contribution is 7.80. The Kier molecular flexibility index (Phi) is 5.12. The average molecular weight is 361 g/mol. The second-order valence-electron chi connectivity index (χ2n) is 5.08. The van der Waals surface area contributed by atoms with Crippen LogP contribution in [0.25, 0.3) is 0 Å². The lowest BCUT2D eigenvalue weighted by Crippen LogP contribution is -2.29. The van der Waals surface area contributed by atoms with Gasteiger partial charge >= 0.3 is 6.18 Å². The number of nitrogens with zero attached hydrogens (tertiary/aromatic N) is 2.